The van der Waals surface area contributed by atoms with Crippen molar-refractivity contribution in [3.05, 3.63) is 60.3 Å². The van der Waals surface area contributed by atoms with Gasteiger partial charge in [0.1, 0.15) is 0 Å². The van der Waals surface area contributed by atoms with Gasteiger partial charge in [-0.25, -0.2) is 4.98 Å². The quantitative estimate of drug-likeness (QED) is 0.571. The number of aryl methyl sites for hydroxylation is 1. The molecule has 0 fully saturated rings. The van der Waals surface area contributed by atoms with Crippen LogP contribution in [-0.4, -0.2) is 10.7 Å². The Labute approximate surface area is 101 Å². The maximum atomic E-state index is 4.29. The zero-order valence-corrected chi connectivity index (χ0v) is 9.99. The molecule has 0 N–H and O–H groups in total. The minimum atomic E-state index is 1.12. The molecular weight excluding hydrogens is 214 g/mol. The average Bonchev–Trinajstić information content (AvgIpc) is 2.37. The van der Waals surface area contributed by atoms with Gasteiger partial charge < -0.3 is 0 Å². The summed E-state index contributed by atoms with van der Waals surface area (Å²) in [5.41, 5.74) is 1.42. The van der Waals surface area contributed by atoms with Crippen molar-refractivity contribution in [2.75, 3.05) is 5.75 Å². The third-order valence-corrected chi connectivity index (χ3v) is 3.37. The third-order valence-electron chi connectivity index (χ3n) is 2.34. The first-order chi connectivity index (χ1) is 7.95. The van der Waals surface area contributed by atoms with Crippen LogP contribution >= 0.6 is 11.8 Å². The van der Waals surface area contributed by atoms with Gasteiger partial charge >= 0.3 is 0 Å². The van der Waals surface area contributed by atoms with Crippen LogP contribution in [-0.2, 0) is 6.42 Å². The summed E-state index contributed by atoms with van der Waals surface area (Å²) >= 11 is 1.83. The molecule has 0 aliphatic heterocycles. The molecule has 82 valence electrons. The minimum absolute atomic E-state index is 1.12. The van der Waals surface area contributed by atoms with E-state index in [0.29, 0.717) is 0 Å². The summed E-state index contributed by atoms with van der Waals surface area (Å²) in [6.45, 7) is 0. The van der Waals surface area contributed by atoms with Crippen LogP contribution in [0.15, 0.2) is 59.8 Å². The van der Waals surface area contributed by atoms with Crippen molar-refractivity contribution >= 4 is 11.8 Å². The van der Waals surface area contributed by atoms with Crippen LogP contribution in [0.5, 0.6) is 0 Å². The monoisotopic (exact) mass is 229 g/mol. The first-order valence-electron chi connectivity index (χ1n) is 5.53. The van der Waals surface area contributed by atoms with E-state index in [1.54, 1.807) is 0 Å². The minimum Gasteiger partial charge on any atom is -0.250 e. The predicted octanol–water partition coefficient (Wildman–Crippen LogP) is 3.81. The van der Waals surface area contributed by atoms with Crippen LogP contribution < -0.4 is 0 Å². The molecule has 16 heavy (non-hydrogen) atoms. The molecule has 0 spiro atoms. The highest BCUT2D eigenvalue weighted by atomic mass is 32.2. The molecular formula is C14H15NS. The van der Waals surface area contributed by atoms with E-state index in [-0.39, 0.29) is 0 Å². The lowest BCUT2D eigenvalue weighted by molar-refractivity contribution is 0.931. The molecule has 0 saturated carbocycles. The standard InChI is InChI=1S/C14H15NS/c1-2-7-13(8-3-1)9-6-12-16-14-10-4-5-11-15-14/h1-5,7-8,10-11H,6,9,12H2. The fourth-order valence-corrected chi connectivity index (χ4v) is 2.34. The number of hydrogen-bond acceptors (Lipinski definition) is 2. The highest BCUT2D eigenvalue weighted by Crippen LogP contribution is 2.16. The van der Waals surface area contributed by atoms with E-state index in [1.807, 2.05) is 30.1 Å². The molecule has 0 atom stereocenters. The number of benzene rings is 1. The van der Waals surface area contributed by atoms with Gasteiger partial charge in [0.05, 0.1) is 5.03 Å². The first kappa shape index (κ1) is 11.2. The maximum Gasteiger partial charge on any atom is 0.0959 e. The van der Waals surface area contributed by atoms with E-state index in [9.17, 15) is 0 Å². The summed E-state index contributed by atoms with van der Waals surface area (Å²) in [6.07, 6.45) is 4.20. The van der Waals surface area contributed by atoms with Gasteiger partial charge in [-0.1, -0.05) is 36.4 Å². The van der Waals surface area contributed by atoms with Crippen molar-refractivity contribution in [2.45, 2.75) is 17.9 Å². The molecule has 0 bridgehead atoms. The Hall–Kier alpha value is -1.28. The Morgan fingerprint density at radius 3 is 2.50 bits per heavy atom. The largest absolute Gasteiger partial charge is 0.250 e. The van der Waals surface area contributed by atoms with Crippen LogP contribution in [0.3, 0.4) is 0 Å². The van der Waals surface area contributed by atoms with Crippen molar-refractivity contribution in [3.8, 4) is 0 Å². The second-order valence-corrected chi connectivity index (χ2v) is 4.72. The van der Waals surface area contributed by atoms with E-state index in [1.165, 1.54) is 12.0 Å². The highest BCUT2D eigenvalue weighted by Gasteiger charge is 1.95. The van der Waals surface area contributed by atoms with Gasteiger partial charge in [0, 0.05) is 6.20 Å². The molecule has 1 heterocycles. The molecule has 1 aromatic heterocycles. The van der Waals surface area contributed by atoms with Gasteiger partial charge in [-0.2, -0.15) is 0 Å². The number of thioether (sulfide) groups is 1. The Morgan fingerprint density at radius 1 is 0.938 bits per heavy atom. The molecule has 1 aromatic carbocycles. The number of rotatable bonds is 5. The van der Waals surface area contributed by atoms with Gasteiger partial charge in [-0.15, -0.1) is 11.8 Å². The van der Waals surface area contributed by atoms with Crippen LogP contribution in [0.25, 0.3) is 0 Å². The molecule has 0 aliphatic carbocycles. The first-order valence-corrected chi connectivity index (χ1v) is 6.51. The van der Waals surface area contributed by atoms with Crippen molar-refractivity contribution < 1.29 is 0 Å². The van der Waals surface area contributed by atoms with E-state index in [0.717, 1.165) is 17.2 Å². The van der Waals surface area contributed by atoms with Crippen LogP contribution in [0.1, 0.15) is 12.0 Å². The molecule has 2 rings (SSSR count). The molecule has 0 amide bonds. The maximum absolute atomic E-state index is 4.29. The topological polar surface area (TPSA) is 12.9 Å². The van der Waals surface area contributed by atoms with Crippen molar-refractivity contribution in [1.29, 1.82) is 0 Å². The molecule has 0 radical (unpaired) electrons. The Kier molecular flexibility index (Phi) is 4.44. The van der Waals surface area contributed by atoms with Gasteiger partial charge in [-0.05, 0) is 36.3 Å². The Bertz CT molecular complexity index is 358. The van der Waals surface area contributed by atoms with Crippen molar-refractivity contribution in [1.82, 2.24) is 4.98 Å². The summed E-state index contributed by atoms with van der Waals surface area (Å²) < 4.78 is 0. The van der Waals surface area contributed by atoms with E-state index >= 15 is 0 Å². The zero-order chi connectivity index (χ0) is 11.1. The van der Waals surface area contributed by atoms with Crippen LogP contribution in [0.4, 0.5) is 0 Å². The molecule has 2 heteroatoms. The van der Waals surface area contributed by atoms with Crippen molar-refractivity contribution in [3.63, 3.8) is 0 Å². The number of pyridine rings is 1. The normalized spacial score (nSPS) is 10.2. The number of nitrogens with zero attached hydrogens (tertiary/aromatic N) is 1. The fraction of sp³-hybridized carbons (Fsp3) is 0.214. The van der Waals surface area contributed by atoms with Gasteiger partial charge in [0.25, 0.3) is 0 Å². The Morgan fingerprint density at radius 2 is 1.75 bits per heavy atom. The lowest BCUT2D eigenvalue weighted by Crippen LogP contribution is -1.88. The molecule has 0 aliphatic rings. The lowest BCUT2D eigenvalue weighted by atomic mass is 10.1. The molecule has 2 aromatic rings. The predicted molar refractivity (Wildman–Crippen MR) is 69.7 cm³/mol. The summed E-state index contributed by atoms with van der Waals surface area (Å²) in [5, 5.41) is 1.12. The summed E-state index contributed by atoms with van der Waals surface area (Å²) in [7, 11) is 0. The molecule has 1 nitrogen and oxygen atoms in total. The van der Waals surface area contributed by atoms with E-state index in [4.69, 9.17) is 0 Å². The van der Waals surface area contributed by atoms with Crippen LogP contribution in [0, 0.1) is 0 Å². The Balaban J connectivity index is 1.70. The van der Waals surface area contributed by atoms with E-state index in [2.05, 4.69) is 41.4 Å². The third kappa shape index (κ3) is 3.70. The zero-order valence-electron chi connectivity index (χ0n) is 9.17. The summed E-state index contributed by atoms with van der Waals surface area (Å²) in [6, 6.07) is 16.7. The highest BCUT2D eigenvalue weighted by molar-refractivity contribution is 7.99. The number of aromatic nitrogens is 1. The SMILES string of the molecule is c1ccc(CCCSc2ccccn2)cc1. The van der Waals surface area contributed by atoms with Gasteiger partial charge in [-0.3, -0.25) is 0 Å². The lowest BCUT2D eigenvalue weighted by Gasteiger charge is -2.01. The van der Waals surface area contributed by atoms with Gasteiger partial charge in [0.15, 0.2) is 0 Å². The smallest absolute Gasteiger partial charge is 0.0959 e. The average molecular weight is 229 g/mol. The second kappa shape index (κ2) is 6.33. The second-order valence-electron chi connectivity index (χ2n) is 3.61. The van der Waals surface area contributed by atoms with E-state index < -0.39 is 0 Å². The van der Waals surface area contributed by atoms with Gasteiger partial charge in [0.2, 0.25) is 0 Å². The number of hydrogen-bond donors (Lipinski definition) is 0. The molecule has 0 saturated heterocycles. The summed E-state index contributed by atoms with van der Waals surface area (Å²) in [5.74, 6) is 1.13. The molecule has 0 unspecified atom stereocenters. The van der Waals surface area contributed by atoms with Crippen LogP contribution in [0.2, 0.25) is 0 Å². The fourth-order valence-electron chi connectivity index (χ4n) is 1.53. The summed E-state index contributed by atoms with van der Waals surface area (Å²) in [4.78, 5) is 4.29. The van der Waals surface area contributed by atoms with Crippen molar-refractivity contribution in [2.24, 2.45) is 0 Å².